The van der Waals surface area contributed by atoms with Gasteiger partial charge in [-0.25, -0.2) is 0 Å². The number of methoxy groups -OCH3 is 3. The Balaban J connectivity index is 1.36. The molecule has 0 aliphatic rings. The summed E-state index contributed by atoms with van der Waals surface area (Å²) >= 11 is 1.64. The van der Waals surface area contributed by atoms with Crippen LogP contribution in [0.25, 0.3) is 16.5 Å². The Bertz CT molecular complexity index is 1360. The van der Waals surface area contributed by atoms with Crippen molar-refractivity contribution in [2.45, 2.75) is 6.54 Å². The molecule has 0 bridgehead atoms. The van der Waals surface area contributed by atoms with Gasteiger partial charge in [-0.05, 0) is 46.3 Å². The molecule has 8 heteroatoms. The number of hydrogen-bond donors (Lipinski definition) is 3. The number of rotatable bonds is 10. The first-order valence-corrected chi connectivity index (χ1v) is 12.4. The smallest absolute Gasteiger partial charge is 0.248 e. The zero-order valence-corrected chi connectivity index (χ0v) is 21.7. The number of hydrogen-bond acceptors (Lipinski definition) is 7. The van der Waals surface area contributed by atoms with Crippen molar-refractivity contribution in [3.8, 4) is 27.7 Å². The average molecular weight is 516 g/mol. The molecule has 1 amide bonds. The molecule has 1 aromatic heterocycles. The number of ether oxygens (including phenoxy) is 3. The Labute approximate surface area is 220 Å². The first-order valence-electron chi connectivity index (χ1n) is 11.6. The topological polar surface area (TPSA) is 94.8 Å². The standard InChI is InChI=1S/C29H29N3O4S/c1-34-25-16-22(17-26(35-2)29(25)36-3)31-18-20-8-6-19(7-9-20)10-13-28(33)32-24-15-21(11-12-23(24)30)27-5-4-14-37-27/h4-17,31H,18,30H2,1-3H3,(H,32,33)/b13-10-. The summed E-state index contributed by atoms with van der Waals surface area (Å²) in [5, 5.41) is 8.26. The molecule has 0 saturated carbocycles. The third-order valence-electron chi connectivity index (χ3n) is 5.69. The van der Waals surface area contributed by atoms with Crippen LogP contribution in [0.15, 0.2) is 78.2 Å². The van der Waals surface area contributed by atoms with E-state index >= 15 is 0 Å². The van der Waals surface area contributed by atoms with Crippen LogP contribution < -0.4 is 30.6 Å². The molecule has 0 fully saturated rings. The van der Waals surface area contributed by atoms with Gasteiger partial charge in [0, 0.05) is 35.3 Å². The van der Waals surface area contributed by atoms with Crippen LogP contribution in [0, 0.1) is 0 Å². The highest BCUT2D eigenvalue weighted by Crippen LogP contribution is 2.40. The highest BCUT2D eigenvalue weighted by molar-refractivity contribution is 7.13. The lowest BCUT2D eigenvalue weighted by Gasteiger charge is -2.15. The maximum atomic E-state index is 12.5. The van der Waals surface area contributed by atoms with E-state index in [4.69, 9.17) is 19.9 Å². The number of amides is 1. The lowest BCUT2D eigenvalue weighted by molar-refractivity contribution is -0.111. The van der Waals surface area contributed by atoms with Gasteiger partial charge in [-0.15, -0.1) is 11.3 Å². The van der Waals surface area contributed by atoms with E-state index in [0.29, 0.717) is 35.2 Å². The van der Waals surface area contributed by atoms with E-state index in [2.05, 4.69) is 10.6 Å². The van der Waals surface area contributed by atoms with Crippen molar-refractivity contribution in [3.63, 3.8) is 0 Å². The molecular formula is C29H29N3O4S. The molecule has 190 valence electrons. The molecule has 7 nitrogen and oxygen atoms in total. The molecule has 4 rings (SSSR count). The summed E-state index contributed by atoms with van der Waals surface area (Å²) in [4.78, 5) is 13.6. The summed E-state index contributed by atoms with van der Waals surface area (Å²) in [5.74, 6) is 1.48. The monoisotopic (exact) mass is 515 g/mol. The fourth-order valence-corrected chi connectivity index (χ4v) is 4.46. The number of nitrogens with one attached hydrogen (secondary N) is 2. The minimum atomic E-state index is -0.247. The third kappa shape index (κ3) is 6.42. The number of carbonyl (C=O) groups excluding carboxylic acids is 1. The fourth-order valence-electron chi connectivity index (χ4n) is 3.74. The van der Waals surface area contributed by atoms with Crippen molar-refractivity contribution in [2.75, 3.05) is 37.7 Å². The number of anilines is 3. The summed E-state index contributed by atoms with van der Waals surface area (Å²) < 4.78 is 16.2. The zero-order valence-electron chi connectivity index (χ0n) is 20.9. The van der Waals surface area contributed by atoms with Crippen molar-refractivity contribution >= 4 is 40.4 Å². The van der Waals surface area contributed by atoms with Crippen LogP contribution in [0.3, 0.4) is 0 Å². The largest absolute Gasteiger partial charge is 0.493 e. The number of nitrogens with two attached hydrogens (primary N) is 1. The van der Waals surface area contributed by atoms with Gasteiger partial charge < -0.3 is 30.6 Å². The number of nitrogen functional groups attached to an aromatic ring is 1. The summed E-state index contributed by atoms with van der Waals surface area (Å²) in [5.41, 5.74) is 11.0. The Hall–Kier alpha value is -4.43. The van der Waals surface area contributed by atoms with Crippen molar-refractivity contribution in [3.05, 3.63) is 89.3 Å². The van der Waals surface area contributed by atoms with Crippen molar-refractivity contribution in [1.82, 2.24) is 0 Å². The molecule has 1 heterocycles. The average Bonchev–Trinajstić information content (AvgIpc) is 3.47. The maximum Gasteiger partial charge on any atom is 0.248 e. The van der Waals surface area contributed by atoms with Crippen molar-refractivity contribution < 1.29 is 19.0 Å². The Morgan fingerprint density at radius 1 is 0.946 bits per heavy atom. The van der Waals surface area contributed by atoms with Gasteiger partial charge in [0.15, 0.2) is 11.5 Å². The second kappa shape index (κ2) is 12.0. The van der Waals surface area contributed by atoms with Crippen LogP contribution in [0.4, 0.5) is 17.1 Å². The molecule has 0 unspecified atom stereocenters. The lowest BCUT2D eigenvalue weighted by atomic mass is 10.1. The molecule has 37 heavy (non-hydrogen) atoms. The van der Waals surface area contributed by atoms with Gasteiger partial charge in [-0.1, -0.05) is 36.4 Å². The molecule has 3 aromatic carbocycles. The van der Waals surface area contributed by atoms with E-state index in [1.165, 1.54) is 6.08 Å². The third-order valence-corrected chi connectivity index (χ3v) is 6.60. The quantitative estimate of drug-likeness (QED) is 0.170. The van der Waals surface area contributed by atoms with E-state index in [1.54, 1.807) is 44.8 Å². The van der Waals surface area contributed by atoms with Crippen LogP contribution in [0.1, 0.15) is 11.1 Å². The molecule has 0 saturated heterocycles. The van der Waals surface area contributed by atoms with E-state index in [-0.39, 0.29) is 5.91 Å². The molecule has 0 spiro atoms. The molecule has 0 radical (unpaired) electrons. The molecule has 0 atom stereocenters. The number of carbonyl (C=O) groups is 1. The zero-order chi connectivity index (χ0) is 26.2. The van der Waals surface area contributed by atoms with Gasteiger partial charge in [0.1, 0.15) is 0 Å². The summed E-state index contributed by atoms with van der Waals surface area (Å²) in [7, 11) is 4.75. The predicted octanol–water partition coefficient (Wildman–Crippen LogP) is 6.29. The van der Waals surface area contributed by atoms with Crippen LogP contribution in [0.2, 0.25) is 0 Å². The van der Waals surface area contributed by atoms with Gasteiger partial charge in [-0.3, -0.25) is 4.79 Å². The van der Waals surface area contributed by atoms with Gasteiger partial charge in [-0.2, -0.15) is 0 Å². The van der Waals surface area contributed by atoms with Gasteiger partial charge in [0.2, 0.25) is 11.7 Å². The summed E-state index contributed by atoms with van der Waals surface area (Å²) in [6.45, 7) is 0.600. The Morgan fingerprint density at radius 2 is 1.68 bits per heavy atom. The Kier molecular flexibility index (Phi) is 8.33. The number of thiophene rings is 1. The summed E-state index contributed by atoms with van der Waals surface area (Å²) in [6.07, 6.45) is 3.27. The maximum absolute atomic E-state index is 12.5. The van der Waals surface area contributed by atoms with Crippen molar-refractivity contribution in [1.29, 1.82) is 0 Å². The SMILES string of the molecule is COc1cc(NCc2ccc(/C=C\C(=O)Nc3cc(-c4cccs4)ccc3N)cc2)cc(OC)c1OC. The first-order chi connectivity index (χ1) is 18.0. The molecular weight excluding hydrogens is 486 g/mol. The highest BCUT2D eigenvalue weighted by atomic mass is 32.1. The molecule has 4 N–H and O–H groups in total. The van der Waals surface area contributed by atoms with Crippen LogP contribution in [-0.4, -0.2) is 27.2 Å². The predicted molar refractivity (Wildman–Crippen MR) is 152 cm³/mol. The van der Waals surface area contributed by atoms with E-state index in [9.17, 15) is 4.79 Å². The van der Waals surface area contributed by atoms with Crippen LogP contribution in [0.5, 0.6) is 17.2 Å². The molecule has 0 aliphatic heterocycles. The van der Waals surface area contributed by atoms with Crippen LogP contribution >= 0.6 is 11.3 Å². The van der Waals surface area contributed by atoms with E-state index in [0.717, 1.165) is 27.3 Å². The minimum absolute atomic E-state index is 0.247. The van der Waals surface area contributed by atoms with E-state index in [1.807, 2.05) is 66.0 Å². The number of benzene rings is 3. The lowest BCUT2D eigenvalue weighted by Crippen LogP contribution is -2.09. The minimum Gasteiger partial charge on any atom is -0.493 e. The van der Waals surface area contributed by atoms with E-state index < -0.39 is 0 Å². The highest BCUT2D eigenvalue weighted by Gasteiger charge is 2.13. The van der Waals surface area contributed by atoms with Crippen LogP contribution in [-0.2, 0) is 11.3 Å². The normalized spacial score (nSPS) is 10.8. The first kappa shape index (κ1) is 25.7. The fraction of sp³-hybridized carbons (Fsp3) is 0.138. The van der Waals surface area contributed by atoms with Gasteiger partial charge in [0.25, 0.3) is 0 Å². The van der Waals surface area contributed by atoms with Crippen molar-refractivity contribution in [2.24, 2.45) is 0 Å². The second-order valence-electron chi connectivity index (χ2n) is 8.11. The Morgan fingerprint density at radius 3 is 2.30 bits per heavy atom. The second-order valence-corrected chi connectivity index (χ2v) is 9.06. The molecule has 4 aromatic rings. The van der Waals surface area contributed by atoms with Gasteiger partial charge >= 0.3 is 0 Å². The van der Waals surface area contributed by atoms with Gasteiger partial charge in [0.05, 0.1) is 32.7 Å². The summed E-state index contributed by atoms with van der Waals surface area (Å²) in [6, 6.07) is 21.3. The molecule has 0 aliphatic carbocycles.